The highest BCUT2D eigenvalue weighted by Crippen LogP contribution is 2.22. The van der Waals surface area contributed by atoms with Gasteiger partial charge in [0.05, 0.1) is 6.04 Å². The minimum absolute atomic E-state index is 0.00515. The second kappa shape index (κ2) is 5.85. The number of carbonyl (C=O) groups is 2. The maximum atomic E-state index is 12.5. The van der Waals surface area contributed by atoms with E-state index in [0.29, 0.717) is 6.42 Å². The second-order valence-corrected chi connectivity index (χ2v) is 6.46. The van der Waals surface area contributed by atoms with Crippen LogP contribution in [0.3, 0.4) is 0 Å². The Morgan fingerprint density at radius 2 is 2.15 bits per heavy atom. The molecule has 2 rings (SSSR count). The van der Waals surface area contributed by atoms with Crippen molar-refractivity contribution in [1.29, 1.82) is 0 Å². The van der Waals surface area contributed by atoms with Crippen LogP contribution in [0.2, 0.25) is 0 Å². The van der Waals surface area contributed by atoms with E-state index < -0.39 is 17.7 Å². The predicted octanol–water partition coefficient (Wildman–Crippen LogP) is 2.22. The van der Waals surface area contributed by atoms with E-state index in [4.69, 9.17) is 4.74 Å². The Balaban J connectivity index is 2.00. The molecule has 0 aromatic heterocycles. The Morgan fingerprint density at radius 1 is 1.40 bits per heavy atom. The van der Waals surface area contributed by atoms with Gasteiger partial charge in [0.1, 0.15) is 11.6 Å². The van der Waals surface area contributed by atoms with Gasteiger partial charge in [-0.25, -0.2) is 4.79 Å². The quantitative estimate of drug-likeness (QED) is 0.749. The fourth-order valence-corrected chi connectivity index (χ4v) is 2.67. The topological polar surface area (TPSA) is 58.6 Å². The van der Waals surface area contributed by atoms with Gasteiger partial charge in [-0.15, -0.1) is 0 Å². The van der Waals surface area contributed by atoms with Crippen molar-refractivity contribution in [2.45, 2.75) is 64.1 Å². The third-order valence-corrected chi connectivity index (χ3v) is 3.55. The third kappa shape index (κ3) is 3.74. The molecular weight excluding hydrogens is 256 g/mol. The number of nitrogens with zero attached hydrogens (tertiary/aromatic N) is 1. The molecule has 2 aliphatic heterocycles. The molecule has 0 aromatic rings. The molecule has 1 saturated heterocycles. The number of rotatable bonds is 1. The molecule has 0 aromatic carbocycles. The molecule has 0 aliphatic carbocycles. The SMILES string of the molecule is CC(C)(C)OC(=O)NC1CC=CC2CCCCN2C1=O. The number of nitrogens with one attached hydrogen (secondary N) is 1. The Kier molecular flexibility index (Phi) is 4.35. The number of hydrogen-bond donors (Lipinski definition) is 1. The van der Waals surface area contributed by atoms with Crippen molar-refractivity contribution in [3.63, 3.8) is 0 Å². The van der Waals surface area contributed by atoms with E-state index in [2.05, 4.69) is 11.4 Å². The fourth-order valence-electron chi connectivity index (χ4n) is 2.67. The van der Waals surface area contributed by atoms with E-state index in [1.807, 2.05) is 31.7 Å². The third-order valence-electron chi connectivity index (χ3n) is 3.55. The zero-order valence-electron chi connectivity index (χ0n) is 12.5. The largest absolute Gasteiger partial charge is 0.444 e. The summed E-state index contributed by atoms with van der Waals surface area (Å²) in [5.41, 5.74) is -0.554. The van der Waals surface area contributed by atoms with Gasteiger partial charge in [0.15, 0.2) is 0 Å². The van der Waals surface area contributed by atoms with Crippen LogP contribution in [0.5, 0.6) is 0 Å². The van der Waals surface area contributed by atoms with Crippen LogP contribution in [0.1, 0.15) is 46.5 Å². The Hall–Kier alpha value is -1.52. The van der Waals surface area contributed by atoms with Crippen molar-refractivity contribution < 1.29 is 14.3 Å². The molecule has 0 spiro atoms. The van der Waals surface area contributed by atoms with Crippen LogP contribution in [-0.4, -0.2) is 41.1 Å². The summed E-state index contributed by atoms with van der Waals surface area (Å²) in [6, 6.07) is -0.314. The van der Waals surface area contributed by atoms with E-state index in [1.165, 1.54) is 0 Å². The Labute approximate surface area is 120 Å². The van der Waals surface area contributed by atoms with Crippen LogP contribution in [0.15, 0.2) is 12.2 Å². The summed E-state index contributed by atoms with van der Waals surface area (Å²) in [7, 11) is 0. The molecule has 1 fully saturated rings. The number of carbonyl (C=O) groups excluding carboxylic acids is 2. The van der Waals surface area contributed by atoms with Crippen LogP contribution < -0.4 is 5.32 Å². The van der Waals surface area contributed by atoms with Crippen LogP contribution >= 0.6 is 0 Å². The summed E-state index contributed by atoms with van der Waals surface area (Å²) in [6.07, 6.45) is 7.30. The maximum absolute atomic E-state index is 12.5. The summed E-state index contributed by atoms with van der Waals surface area (Å²) in [4.78, 5) is 26.2. The number of amides is 2. The number of fused-ring (bicyclic) bond motifs is 1. The lowest BCUT2D eigenvalue weighted by atomic mass is 10.0. The first-order valence-electron chi connectivity index (χ1n) is 7.33. The minimum Gasteiger partial charge on any atom is -0.444 e. The van der Waals surface area contributed by atoms with E-state index in [1.54, 1.807) is 0 Å². The molecule has 1 N–H and O–H groups in total. The van der Waals surface area contributed by atoms with Gasteiger partial charge < -0.3 is 15.0 Å². The van der Waals surface area contributed by atoms with E-state index in [0.717, 1.165) is 25.8 Å². The maximum Gasteiger partial charge on any atom is 0.408 e. The Bertz CT molecular complexity index is 412. The van der Waals surface area contributed by atoms with Crippen molar-refractivity contribution in [2.24, 2.45) is 0 Å². The van der Waals surface area contributed by atoms with Gasteiger partial charge in [-0.3, -0.25) is 4.79 Å². The normalized spacial score (nSPS) is 26.8. The second-order valence-electron chi connectivity index (χ2n) is 6.46. The summed E-state index contributed by atoms with van der Waals surface area (Å²) < 4.78 is 5.22. The average Bonchev–Trinajstić information content (AvgIpc) is 2.49. The van der Waals surface area contributed by atoms with Crippen LogP contribution in [0.25, 0.3) is 0 Å². The van der Waals surface area contributed by atoms with Gasteiger partial charge in [0.25, 0.3) is 0 Å². The van der Waals surface area contributed by atoms with Crippen molar-refractivity contribution in [3.8, 4) is 0 Å². The average molecular weight is 280 g/mol. The highest BCUT2D eigenvalue weighted by molar-refractivity contribution is 5.86. The van der Waals surface area contributed by atoms with Crippen LogP contribution in [-0.2, 0) is 9.53 Å². The molecule has 0 radical (unpaired) electrons. The molecule has 2 unspecified atom stereocenters. The Morgan fingerprint density at radius 3 is 2.85 bits per heavy atom. The van der Waals surface area contributed by atoms with Gasteiger partial charge in [-0.1, -0.05) is 12.2 Å². The van der Waals surface area contributed by atoms with Gasteiger partial charge in [0, 0.05) is 6.54 Å². The molecule has 112 valence electrons. The summed E-state index contributed by atoms with van der Waals surface area (Å²) in [6.45, 7) is 6.20. The highest BCUT2D eigenvalue weighted by Gasteiger charge is 2.33. The van der Waals surface area contributed by atoms with Gasteiger partial charge in [0.2, 0.25) is 5.91 Å². The first-order chi connectivity index (χ1) is 9.37. The summed E-state index contributed by atoms with van der Waals surface area (Å²) in [5.74, 6) is 0.00515. The molecule has 0 bridgehead atoms. The first kappa shape index (κ1) is 14.9. The van der Waals surface area contributed by atoms with Crippen LogP contribution in [0, 0.1) is 0 Å². The van der Waals surface area contributed by atoms with Crippen LogP contribution in [0.4, 0.5) is 4.79 Å². The van der Waals surface area contributed by atoms with E-state index in [-0.39, 0.29) is 11.9 Å². The zero-order valence-corrected chi connectivity index (χ0v) is 12.5. The molecule has 2 aliphatic rings. The predicted molar refractivity (Wildman–Crippen MR) is 76.3 cm³/mol. The number of piperidine rings is 1. The molecule has 2 atom stereocenters. The summed E-state index contributed by atoms with van der Waals surface area (Å²) >= 11 is 0. The lowest BCUT2D eigenvalue weighted by Crippen LogP contribution is -2.52. The monoisotopic (exact) mass is 280 g/mol. The zero-order chi connectivity index (χ0) is 14.8. The number of ether oxygens (including phenoxy) is 1. The standard InChI is InChI=1S/C15H24N2O3/c1-15(2,3)20-14(19)16-12-9-6-8-11-7-4-5-10-17(11)13(12)18/h6,8,11-12H,4-5,7,9-10H2,1-3H3,(H,16,19). The highest BCUT2D eigenvalue weighted by atomic mass is 16.6. The van der Waals surface area contributed by atoms with Crippen molar-refractivity contribution in [2.75, 3.05) is 6.54 Å². The van der Waals surface area contributed by atoms with Crippen molar-refractivity contribution in [1.82, 2.24) is 10.2 Å². The molecular formula is C15H24N2O3. The molecule has 2 amide bonds. The van der Waals surface area contributed by atoms with E-state index in [9.17, 15) is 9.59 Å². The molecule has 0 saturated carbocycles. The van der Waals surface area contributed by atoms with Crippen molar-refractivity contribution >= 4 is 12.0 Å². The lowest BCUT2D eigenvalue weighted by molar-refractivity contribution is -0.135. The smallest absolute Gasteiger partial charge is 0.408 e. The number of hydrogen-bond acceptors (Lipinski definition) is 3. The molecule has 5 nitrogen and oxygen atoms in total. The van der Waals surface area contributed by atoms with E-state index >= 15 is 0 Å². The fraction of sp³-hybridized carbons (Fsp3) is 0.733. The van der Waals surface area contributed by atoms with Gasteiger partial charge in [-0.2, -0.15) is 0 Å². The molecule has 2 heterocycles. The van der Waals surface area contributed by atoms with Gasteiger partial charge in [-0.05, 0) is 46.5 Å². The molecule has 20 heavy (non-hydrogen) atoms. The first-order valence-corrected chi connectivity index (χ1v) is 7.33. The van der Waals surface area contributed by atoms with Crippen molar-refractivity contribution in [3.05, 3.63) is 12.2 Å². The lowest BCUT2D eigenvalue weighted by Gasteiger charge is -2.35. The number of alkyl carbamates (subject to hydrolysis) is 1. The van der Waals surface area contributed by atoms with Gasteiger partial charge >= 0.3 is 6.09 Å². The minimum atomic E-state index is -0.554. The summed E-state index contributed by atoms with van der Waals surface area (Å²) in [5, 5.41) is 2.69. The molecule has 5 heteroatoms.